The molecule has 0 amide bonds. The quantitative estimate of drug-likeness (QED) is 0.924. The van der Waals surface area contributed by atoms with E-state index in [0.717, 1.165) is 4.47 Å². The van der Waals surface area contributed by atoms with Crippen molar-refractivity contribution in [3.8, 4) is 17.5 Å². The van der Waals surface area contributed by atoms with Gasteiger partial charge in [0.2, 0.25) is 11.8 Å². The van der Waals surface area contributed by atoms with Crippen LogP contribution in [0.1, 0.15) is 13.8 Å². The maximum atomic E-state index is 5.80. The van der Waals surface area contributed by atoms with Crippen LogP contribution in [-0.4, -0.2) is 11.1 Å². The van der Waals surface area contributed by atoms with Gasteiger partial charge < -0.3 is 15.2 Å². The number of nitrogen functional groups attached to an aromatic ring is 1. The van der Waals surface area contributed by atoms with Crippen LogP contribution in [0, 0.1) is 0 Å². The summed E-state index contributed by atoms with van der Waals surface area (Å²) in [7, 11) is 0. The first-order valence-corrected chi connectivity index (χ1v) is 6.70. The fourth-order valence-electron chi connectivity index (χ4n) is 1.46. The van der Waals surface area contributed by atoms with Crippen LogP contribution in [0.2, 0.25) is 0 Å². The minimum absolute atomic E-state index is 0.0101. The van der Waals surface area contributed by atoms with Crippen LogP contribution in [0.15, 0.2) is 40.9 Å². The average Bonchev–Trinajstić information content (AvgIpc) is 2.33. The molecule has 0 saturated heterocycles. The smallest absolute Gasteiger partial charge is 0.240 e. The summed E-state index contributed by atoms with van der Waals surface area (Å²) in [6.45, 7) is 3.84. The minimum Gasteiger partial charge on any atom is -0.473 e. The number of benzene rings is 1. The van der Waals surface area contributed by atoms with Crippen molar-refractivity contribution in [2.24, 2.45) is 0 Å². The second-order valence-electron chi connectivity index (χ2n) is 4.27. The average molecular weight is 323 g/mol. The van der Waals surface area contributed by atoms with Crippen molar-refractivity contribution in [1.82, 2.24) is 4.98 Å². The Morgan fingerprint density at radius 2 is 2.00 bits per heavy atom. The maximum absolute atomic E-state index is 5.80. The third-order valence-electron chi connectivity index (χ3n) is 2.23. The molecule has 0 saturated carbocycles. The fraction of sp³-hybridized carbons (Fsp3) is 0.214. The molecule has 0 atom stereocenters. The van der Waals surface area contributed by atoms with E-state index in [1.807, 2.05) is 38.1 Å². The number of hydrogen-bond acceptors (Lipinski definition) is 4. The monoisotopic (exact) mass is 322 g/mol. The molecule has 0 unspecified atom stereocenters. The van der Waals surface area contributed by atoms with Crippen molar-refractivity contribution in [2.75, 3.05) is 5.73 Å². The third kappa shape index (κ3) is 3.86. The summed E-state index contributed by atoms with van der Waals surface area (Å²) in [6.07, 6.45) is 0.0101. The summed E-state index contributed by atoms with van der Waals surface area (Å²) in [5, 5.41) is 0. The topological polar surface area (TPSA) is 57.4 Å². The summed E-state index contributed by atoms with van der Waals surface area (Å²) in [5.41, 5.74) is 6.30. The van der Waals surface area contributed by atoms with Crippen LogP contribution in [0.5, 0.6) is 17.5 Å². The molecule has 5 heteroatoms. The zero-order chi connectivity index (χ0) is 13.8. The molecule has 2 aromatic rings. The van der Waals surface area contributed by atoms with Crippen molar-refractivity contribution >= 4 is 21.6 Å². The van der Waals surface area contributed by atoms with Crippen LogP contribution in [-0.2, 0) is 0 Å². The van der Waals surface area contributed by atoms with Gasteiger partial charge in [0.25, 0.3) is 0 Å². The molecule has 0 aliphatic heterocycles. The highest BCUT2D eigenvalue weighted by Crippen LogP contribution is 2.27. The lowest BCUT2D eigenvalue weighted by Gasteiger charge is -2.12. The van der Waals surface area contributed by atoms with Crippen molar-refractivity contribution in [2.45, 2.75) is 20.0 Å². The molecule has 4 nitrogen and oxygen atoms in total. The number of halogens is 1. The molecule has 0 aliphatic carbocycles. The highest BCUT2D eigenvalue weighted by atomic mass is 79.9. The molecule has 1 aromatic carbocycles. The predicted octanol–water partition coefficient (Wildman–Crippen LogP) is 4.01. The predicted molar refractivity (Wildman–Crippen MR) is 78.6 cm³/mol. The van der Waals surface area contributed by atoms with Crippen molar-refractivity contribution < 1.29 is 9.47 Å². The van der Waals surface area contributed by atoms with Crippen LogP contribution in [0.3, 0.4) is 0 Å². The van der Waals surface area contributed by atoms with Crippen LogP contribution in [0.4, 0.5) is 5.69 Å². The first-order valence-electron chi connectivity index (χ1n) is 5.91. The van der Waals surface area contributed by atoms with Crippen molar-refractivity contribution in [1.29, 1.82) is 0 Å². The van der Waals surface area contributed by atoms with Crippen LogP contribution < -0.4 is 15.2 Å². The van der Waals surface area contributed by atoms with Gasteiger partial charge >= 0.3 is 0 Å². The second kappa shape index (κ2) is 5.93. The van der Waals surface area contributed by atoms with Gasteiger partial charge in [-0.05, 0) is 38.1 Å². The number of nitrogens with zero attached hydrogens (tertiary/aromatic N) is 1. The number of rotatable bonds is 4. The third-order valence-corrected chi connectivity index (χ3v) is 2.72. The Morgan fingerprint density at radius 3 is 2.68 bits per heavy atom. The van der Waals surface area contributed by atoms with E-state index in [1.54, 1.807) is 12.1 Å². The molecule has 0 bridgehead atoms. The first-order chi connectivity index (χ1) is 9.04. The number of nitrogens with two attached hydrogens (primary N) is 1. The molecule has 100 valence electrons. The Balaban J connectivity index is 2.21. The Labute approximate surface area is 120 Å². The van der Waals surface area contributed by atoms with E-state index < -0.39 is 0 Å². The van der Waals surface area contributed by atoms with Gasteiger partial charge in [0.05, 0.1) is 11.8 Å². The lowest BCUT2D eigenvalue weighted by molar-refractivity contribution is 0.232. The van der Waals surface area contributed by atoms with E-state index >= 15 is 0 Å². The van der Waals surface area contributed by atoms with Crippen molar-refractivity contribution in [3.63, 3.8) is 0 Å². The molecule has 2 rings (SSSR count). The normalized spacial score (nSPS) is 10.5. The highest BCUT2D eigenvalue weighted by molar-refractivity contribution is 9.10. The zero-order valence-electron chi connectivity index (χ0n) is 10.8. The summed E-state index contributed by atoms with van der Waals surface area (Å²) >= 11 is 3.39. The largest absolute Gasteiger partial charge is 0.473 e. The molecular weight excluding hydrogens is 308 g/mol. The number of hydrogen-bond donors (Lipinski definition) is 1. The van der Waals surface area contributed by atoms with Gasteiger partial charge in [-0.2, -0.15) is 4.98 Å². The molecule has 1 heterocycles. The van der Waals surface area contributed by atoms with Gasteiger partial charge in [-0.15, -0.1) is 0 Å². The molecule has 1 aromatic heterocycles. The summed E-state index contributed by atoms with van der Waals surface area (Å²) in [5.74, 6) is 1.53. The highest BCUT2D eigenvalue weighted by Gasteiger charge is 2.08. The molecule has 0 aliphatic rings. The molecule has 19 heavy (non-hydrogen) atoms. The SMILES string of the molecule is CC(C)Oc1nc(Oc2cccc(Br)c2)ccc1N. The fourth-order valence-corrected chi connectivity index (χ4v) is 1.84. The summed E-state index contributed by atoms with van der Waals surface area (Å²) in [4.78, 5) is 4.25. The van der Waals surface area contributed by atoms with E-state index in [2.05, 4.69) is 20.9 Å². The Kier molecular flexibility index (Phi) is 4.27. The van der Waals surface area contributed by atoms with Crippen LogP contribution >= 0.6 is 15.9 Å². The summed E-state index contributed by atoms with van der Waals surface area (Å²) < 4.78 is 12.1. The molecular formula is C14H15BrN2O2. The summed E-state index contributed by atoms with van der Waals surface area (Å²) in [6, 6.07) is 11.0. The first kappa shape index (κ1) is 13.7. The van der Waals surface area contributed by atoms with Gasteiger partial charge in [0.1, 0.15) is 5.75 Å². The van der Waals surface area contributed by atoms with E-state index in [0.29, 0.717) is 23.2 Å². The van der Waals surface area contributed by atoms with Gasteiger partial charge in [-0.3, -0.25) is 0 Å². The zero-order valence-corrected chi connectivity index (χ0v) is 12.3. The van der Waals surface area contributed by atoms with E-state index in [9.17, 15) is 0 Å². The minimum atomic E-state index is 0.0101. The number of ether oxygens (including phenoxy) is 2. The van der Waals surface area contributed by atoms with E-state index in [4.69, 9.17) is 15.2 Å². The Hall–Kier alpha value is -1.75. The number of aromatic nitrogens is 1. The van der Waals surface area contributed by atoms with Gasteiger partial charge in [-0.25, -0.2) is 0 Å². The van der Waals surface area contributed by atoms with Gasteiger partial charge in [0.15, 0.2) is 0 Å². The number of anilines is 1. The maximum Gasteiger partial charge on any atom is 0.240 e. The molecule has 0 fully saturated rings. The Bertz CT molecular complexity index is 573. The van der Waals surface area contributed by atoms with Crippen molar-refractivity contribution in [3.05, 3.63) is 40.9 Å². The van der Waals surface area contributed by atoms with E-state index in [-0.39, 0.29) is 6.10 Å². The molecule has 0 spiro atoms. The second-order valence-corrected chi connectivity index (χ2v) is 5.19. The lowest BCUT2D eigenvalue weighted by atomic mass is 10.3. The Morgan fingerprint density at radius 1 is 1.21 bits per heavy atom. The standard InChI is InChI=1S/C14H15BrN2O2/c1-9(2)18-14-12(16)6-7-13(17-14)19-11-5-3-4-10(15)8-11/h3-9H,16H2,1-2H3. The lowest BCUT2D eigenvalue weighted by Crippen LogP contribution is -2.09. The van der Waals surface area contributed by atoms with Gasteiger partial charge in [0, 0.05) is 10.5 Å². The molecule has 2 N–H and O–H groups in total. The van der Waals surface area contributed by atoms with Crippen LogP contribution in [0.25, 0.3) is 0 Å². The molecule has 0 radical (unpaired) electrons. The van der Waals surface area contributed by atoms with E-state index in [1.165, 1.54) is 0 Å². The van der Waals surface area contributed by atoms with Gasteiger partial charge in [-0.1, -0.05) is 22.0 Å². The number of pyridine rings is 1.